The summed E-state index contributed by atoms with van der Waals surface area (Å²) < 4.78 is 3.64. The molecule has 0 unspecified atom stereocenters. The Morgan fingerprint density at radius 1 is 1.53 bits per heavy atom. The van der Waals surface area contributed by atoms with Crippen molar-refractivity contribution < 1.29 is 0 Å². The van der Waals surface area contributed by atoms with Gasteiger partial charge in [-0.25, -0.2) is 0 Å². The third kappa shape index (κ3) is 2.67. The van der Waals surface area contributed by atoms with Gasteiger partial charge >= 0.3 is 0 Å². The number of hydrogen-bond acceptors (Lipinski definition) is 3. The van der Waals surface area contributed by atoms with Crippen molar-refractivity contribution in [3.8, 4) is 0 Å². The fourth-order valence-corrected chi connectivity index (χ4v) is 3.41. The molecule has 0 aliphatic rings. The van der Waals surface area contributed by atoms with E-state index in [2.05, 4.69) is 33.3 Å². The van der Waals surface area contributed by atoms with Crippen LogP contribution < -0.4 is 5.32 Å². The Bertz CT molecular complexity index is 528. The Hall–Kier alpha value is -0.520. The standard InChI is InChI=1S/C11H13BrClN3S/c1-6-10(7(2)16(3)15-6)14-5-8-4-9(12)11(13)17-8/h4,14H,5H2,1-3H3. The Balaban J connectivity index is 2.12. The largest absolute Gasteiger partial charge is 0.377 e. The van der Waals surface area contributed by atoms with E-state index in [1.54, 1.807) is 11.3 Å². The van der Waals surface area contributed by atoms with E-state index in [1.807, 2.05) is 24.7 Å². The van der Waals surface area contributed by atoms with E-state index in [9.17, 15) is 0 Å². The first-order valence-electron chi connectivity index (χ1n) is 5.17. The predicted octanol–water partition coefficient (Wildman–Crippen LogP) is 4.13. The lowest BCUT2D eigenvalue weighted by Gasteiger charge is -2.04. The van der Waals surface area contributed by atoms with Crippen LogP contribution in [0.15, 0.2) is 10.5 Å². The maximum atomic E-state index is 6.01. The number of rotatable bonds is 3. The number of halogens is 2. The molecule has 2 aromatic rings. The van der Waals surface area contributed by atoms with E-state index in [-0.39, 0.29) is 0 Å². The molecule has 0 atom stereocenters. The van der Waals surface area contributed by atoms with Crippen LogP contribution in [0.4, 0.5) is 5.69 Å². The van der Waals surface area contributed by atoms with Gasteiger partial charge < -0.3 is 5.32 Å². The van der Waals surface area contributed by atoms with E-state index in [0.717, 1.165) is 32.4 Å². The summed E-state index contributed by atoms with van der Waals surface area (Å²) in [5.41, 5.74) is 3.27. The molecule has 0 fully saturated rings. The molecule has 2 aromatic heterocycles. The molecule has 1 N–H and O–H groups in total. The van der Waals surface area contributed by atoms with Gasteiger partial charge in [0.05, 0.1) is 17.1 Å². The van der Waals surface area contributed by atoms with Crippen molar-refractivity contribution in [1.29, 1.82) is 0 Å². The van der Waals surface area contributed by atoms with Gasteiger partial charge in [0, 0.05) is 22.9 Å². The van der Waals surface area contributed by atoms with Gasteiger partial charge in [-0.15, -0.1) is 11.3 Å². The van der Waals surface area contributed by atoms with Gasteiger partial charge in [-0.2, -0.15) is 5.10 Å². The minimum atomic E-state index is 0.767. The van der Waals surface area contributed by atoms with Crippen molar-refractivity contribution in [1.82, 2.24) is 9.78 Å². The zero-order valence-electron chi connectivity index (χ0n) is 9.84. The molecule has 0 aliphatic carbocycles. The van der Waals surface area contributed by atoms with Gasteiger partial charge in [-0.3, -0.25) is 4.68 Å². The summed E-state index contributed by atoms with van der Waals surface area (Å²) in [4.78, 5) is 1.20. The summed E-state index contributed by atoms with van der Waals surface area (Å²) in [6, 6.07) is 2.04. The third-order valence-electron chi connectivity index (χ3n) is 2.64. The van der Waals surface area contributed by atoms with Crippen LogP contribution in [0.3, 0.4) is 0 Å². The van der Waals surface area contributed by atoms with Crippen molar-refractivity contribution in [3.63, 3.8) is 0 Å². The normalized spacial score (nSPS) is 10.9. The molecule has 17 heavy (non-hydrogen) atoms. The van der Waals surface area contributed by atoms with Gasteiger partial charge in [-0.1, -0.05) is 11.6 Å². The first-order valence-corrected chi connectivity index (χ1v) is 7.15. The molecule has 0 radical (unpaired) electrons. The maximum Gasteiger partial charge on any atom is 0.107 e. The highest BCUT2D eigenvalue weighted by Crippen LogP contribution is 2.32. The molecule has 0 amide bonds. The SMILES string of the molecule is Cc1nn(C)c(C)c1NCc1cc(Br)c(Cl)s1. The second kappa shape index (κ2) is 5.00. The van der Waals surface area contributed by atoms with Crippen LogP contribution in [0, 0.1) is 13.8 Å². The van der Waals surface area contributed by atoms with Gasteiger partial charge in [-0.05, 0) is 35.8 Å². The summed E-state index contributed by atoms with van der Waals surface area (Å²) in [5, 5.41) is 7.77. The molecule has 0 aromatic carbocycles. The summed E-state index contributed by atoms with van der Waals surface area (Å²) in [6.45, 7) is 4.83. The van der Waals surface area contributed by atoms with Crippen molar-refractivity contribution in [2.45, 2.75) is 20.4 Å². The van der Waals surface area contributed by atoms with E-state index >= 15 is 0 Å². The quantitative estimate of drug-likeness (QED) is 0.915. The number of aromatic nitrogens is 2. The Morgan fingerprint density at radius 3 is 2.71 bits per heavy atom. The van der Waals surface area contributed by atoms with Crippen LogP contribution in [-0.4, -0.2) is 9.78 Å². The minimum Gasteiger partial charge on any atom is -0.377 e. The average molecular weight is 335 g/mol. The Kier molecular flexibility index (Phi) is 3.80. The van der Waals surface area contributed by atoms with Crippen LogP contribution >= 0.6 is 38.9 Å². The monoisotopic (exact) mass is 333 g/mol. The van der Waals surface area contributed by atoms with Crippen LogP contribution in [0.1, 0.15) is 16.3 Å². The Labute approximate surface area is 118 Å². The smallest absolute Gasteiger partial charge is 0.107 e. The van der Waals surface area contributed by atoms with Crippen LogP contribution in [0.25, 0.3) is 0 Å². The highest BCUT2D eigenvalue weighted by molar-refractivity contribution is 9.10. The van der Waals surface area contributed by atoms with Crippen LogP contribution in [-0.2, 0) is 13.6 Å². The zero-order chi connectivity index (χ0) is 12.6. The highest BCUT2D eigenvalue weighted by atomic mass is 79.9. The molecule has 3 nitrogen and oxygen atoms in total. The third-order valence-corrected chi connectivity index (χ3v) is 5.12. The first kappa shape index (κ1) is 12.9. The van der Waals surface area contributed by atoms with Crippen molar-refractivity contribution in [2.24, 2.45) is 7.05 Å². The predicted molar refractivity (Wildman–Crippen MR) is 77.0 cm³/mol. The molecule has 0 aliphatic heterocycles. The van der Waals surface area contributed by atoms with Crippen molar-refractivity contribution in [3.05, 3.63) is 31.1 Å². The molecule has 6 heteroatoms. The molecule has 2 heterocycles. The highest BCUT2D eigenvalue weighted by Gasteiger charge is 2.10. The lowest BCUT2D eigenvalue weighted by Crippen LogP contribution is -2.00. The Morgan fingerprint density at radius 2 is 2.24 bits per heavy atom. The summed E-state index contributed by atoms with van der Waals surface area (Å²) in [5.74, 6) is 0. The number of hydrogen-bond donors (Lipinski definition) is 1. The summed E-state index contributed by atoms with van der Waals surface area (Å²) >= 11 is 11.0. The molecular weight excluding hydrogens is 322 g/mol. The van der Waals surface area contributed by atoms with Crippen LogP contribution in [0.2, 0.25) is 4.34 Å². The molecule has 0 bridgehead atoms. The number of aryl methyl sites for hydroxylation is 2. The van der Waals surface area contributed by atoms with Gasteiger partial charge in [0.2, 0.25) is 0 Å². The first-order chi connectivity index (χ1) is 7.99. The zero-order valence-corrected chi connectivity index (χ0v) is 13.0. The number of thiophene rings is 1. The number of nitrogens with one attached hydrogen (secondary N) is 1. The van der Waals surface area contributed by atoms with Gasteiger partial charge in [0.25, 0.3) is 0 Å². The number of nitrogens with zero attached hydrogens (tertiary/aromatic N) is 2. The van der Waals surface area contributed by atoms with Crippen LogP contribution in [0.5, 0.6) is 0 Å². The lowest BCUT2D eigenvalue weighted by molar-refractivity contribution is 0.731. The van der Waals surface area contributed by atoms with Crippen molar-refractivity contribution >= 4 is 44.6 Å². The van der Waals surface area contributed by atoms with Crippen molar-refractivity contribution in [2.75, 3.05) is 5.32 Å². The fourth-order valence-electron chi connectivity index (χ4n) is 1.68. The lowest BCUT2D eigenvalue weighted by atomic mass is 10.3. The molecule has 0 spiro atoms. The summed E-state index contributed by atoms with van der Waals surface area (Å²) in [7, 11) is 1.95. The molecule has 92 valence electrons. The number of anilines is 1. The minimum absolute atomic E-state index is 0.767. The summed E-state index contributed by atoms with van der Waals surface area (Å²) in [6.07, 6.45) is 0. The van der Waals surface area contributed by atoms with E-state index in [0.29, 0.717) is 0 Å². The topological polar surface area (TPSA) is 29.9 Å². The second-order valence-electron chi connectivity index (χ2n) is 3.86. The second-order valence-corrected chi connectivity index (χ2v) is 6.45. The molecule has 0 saturated carbocycles. The van der Waals surface area contributed by atoms with E-state index in [4.69, 9.17) is 11.6 Å². The molecule has 0 saturated heterocycles. The van der Waals surface area contributed by atoms with Gasteiger partial charge in [0.1, 0.15) is 4.34 Å². The maximum absolute atomic E-state index is 6.01. The van der Waals surface area contributed by atoms with E-state index < -0.39 is 0 Å². The van der Waals surface area contributed by atoms with Gasteiger partial charge in [0.15, 0.2) is 0 Å². The van der Waals surface area contributed by atoms with E-state index in [1.165, 1.54) is 4.88 Å². The average Bonchev–Trinajstić information content (AvgIpc) is 2.69. The molecular formula is C11H13BrClN3S. The molecule has 2 rings (SSSR count). The fraction of sp³-hybridized carbons (Fsp3) is 0.364.